The summed E-state index contributed by atoms with van der Waals surface area (Å²) in [6.45, 7) is 6.94. The van der Waals surface area contributed by atoms with E-state index in [0.717, 1.165) is 52.0 Å². The standard InChI is InChI=1S/C15H28N2O3/c1-2-19-11-13-4-3-7-17(10-13)14(18)15(12-16)5-8-20-9-6-15/h13H,2-12,16H2,1H3. The molecule has 0 aliphatic carbocycles. The number of nitrogens with two attached hydrogens (primary N) is 1. The molecule has 0 aromatic heterocycles. The van der Waals surface area contributed by atoms with E-state index in [0.29, 0.717) is 25.7 Å². The average molecular weight is 284 g/mol. The lowest BCUT2D eigenvalue weighted by Crippen LogP contribution is -2.53. The summed E-state index contributed by atoms with van der Waals surface area (Å²) >= 11 is 0. The SMILES string of the molecule is CCOCC1CCCN(C(=O)C2(CN)CCOCC2)C1. The first-order valence-corrected chi connectivity index (χ1v) is 7.87. The Labute approximate surface area is 121 Å². The molecule has 0 spiro atoms. The van der Waals surface area contributed by atoms with E-state index in [2.05, 4.69) is 0 Å². The van der Waals surface area contributed by atoms with Crippen molar-refractivity contribution in [1.29, 1.82) is 0 Å². The molecule has 20 heavy (non-hydrogen) atoms. The maximum Gasteiger partial charge on any atom is 0.230 e. The fraction of sp³-hybridized carbons (Fsp3) is 0.933. The molecule has 2 fully saturated rings. The van der Waals surface area contributed by atoms with E-state index in [1.54, 1.807) is 0 Å². The van der Waals surface area contributed by atoms with Crippen molar-refractivity contribution in [3.63, 3.8) is 0 Å². The van der Waals surface area contributed by atoms with E-state index in [9.17, 15) is 4.79 Å². The maximum absolute atomic E-state index is 12.9. The summed E-state index contributed by atoms with van der Waals surface area (Å²) in [5.41, 5.74) is 5.55. The maximum atomic E-state index is 12.9. The molecule has 1 atom stereocenters. The number of piperidine rings is 1. The summed E-state index contributed by atoms with van der Waals surface area (Å²) in [4.78, 5) is 14.9. The van der Waals surface area contributed by atoms with Gasteiger partial charge in [0.15, 0.2) is 0 Å². The minimum atomic E-state index is -0.383. The minimum Gasteiger partial charge on any atom is -0.381 e. The smallest absolute Gasteiger partial charge is 0.230 e. The van der Waals surface area contributed by atoms with Crippen LogP contribution in [-0.4, -0.2) is 56.9 Å². The van der Waals surface area contributed by atoms with Gasteiger partial charge in [-0.2, -0.15) is 0 Å². The van der Waals surface area contributed by atoms with Gasteiger partial charge < -0.3 is 20.1 Å². The zero-order chi connectivity index (χ0) is 14.4. The molecule has 1 unspecified atom stereocenters. The van der Waals surface area contributed by atoms with Crippen LogP contribution in [0, 0.1) is 11.3 Å². The second-order valence-electron chi connectivity index (χ2n) is 6.02. The van der Waals surface area contributed by atoms with Gasteiger partial charge in [-0.3, -0.25) is 4.79 Å². The van der Waals surface area contributed by atoms with Crippen LogP contribution in [0.2, 0.25) is 0 Å². The molecule has 1 amide bonds. The minimum absolute atomic E-state index is 0.240. The van der Waals surface area contributed by atoms with Gasteiger partial charge in [0, 0.05) is 39.5 Å². The summed E-state index contributed by atoms with van der Waals surface area (Å²) < 4.78 is 10.9. The first-order valence-electron chi connectivity index (χ1n) is 7.87. The van der Waals surface area contributed by atoms with Crippen molar-refractivity contribution in [1.82, 2.24) is 4.90 Å². The highest BCUT2D eigenvalue weighted by molar-refractivity contribution is 5.83. The summed E-state index contributed by atoms with van der Waals surface area (Å²) in [5.74, 6) is 0.715. The number of hydrogen-bond acceptors (Lipinski definition) is 4. The monoisotopic (exact) mass is 284 g/mol. The summed E-state index contributed by atoms with van der Waals surface area (Å²) in [6.07, 6.45) is 3.74. The van der Waals surface area contributed by atoms with Crippen molar-refractivity contribution in [2.24, 2.45) is 17.1 Å². The van der Waals surface area contributed by atoms with Gasteiger partial charge in [-0.05, 0) is 38.5 Å². The molecule has 2 aliphatic rings. The molecule has 2 rings (SSSR count). The molecule has 5 heteroatoms. The zero-order valence-corrected chi connectivity index (χ0v) is 12.6. The van der Waals surface area contributed by atoms with Gasteiger partial charge in [-0.25, -0.2) is 0 Å². The predicted molar refractivity (Wildman–Crippen MR) is 77.3 cm³/mol. The molecule has 2 N–H and O–H groups in total. The van der Waals surface area contributed by atoms with Crippen LogP contribution < -0.4 is 5.73 Å². The van der Waals surface area contributed by atoms with Gasteiger partial charge in [0.1, 0.15) is 0 Å². The Kier molecular flexibility index (Phi) is 5.81. The molecule has 5 nitrogen and oxygen atoms in total. The van der Waals surface area contributed by atoms with Gasteiger partial charge in [0.2, 0.25) is 5.91 Å². The van der Waals surface area contributed by atoms with Crippen LogP contribution in [0.5, 0.6) is 0 Å². The zero-order valence-electron chi connectivity index (χ0n) is 12.6. The van der Waals surface area contributed by atoms with Crippen molar-refractivity contribution in [2.75, 3.05) is 46.1 Å². The molecule has 0 aromatic carbocycles. The van der Waals surface area contributed by atoms with Gasteiger partial charge >= 0.3 is 0 Å². The molecule has 116 valence electrons. The number of hydrogen-bond donors (Lipinski definition) is 1. The highest BCUT2D eigenvalue weighted by Gasteiger charge is 2.42. The van der Waals surface area contributed by atoms with E-state index in [1.807, 2.05) is 11.8 Å². The molecule has 0 saturated carbocycles. The number of nitrogens with zero attached hydrogens (tertiary/aromatic N) is 1. The highest BCUT2D eigenvalue weighted by atomic mass is 16.5. The molecule has 2 saturated heterocycles. The third-order valence-corrected chi connectivity index (χ3v) is 4.66. The van der Waals surface area contributed by atoms with E-state index in [-0.39, 0.29) is 11.3 Å². The summed E-state index contributed by atoms with van der Waals surface area (Å²) in [6, 6.07) is 0. The lowest BCUT2D eigenvalue weighted by atomic mass is 9.78. The molecular formula is C15H28N2O3. The quantitative estimate of drug-likeness (QED) is 0.818. The van der Waals surface area contributed by atoms with Crippen LogP contribution in [0.4, 0.5) is 0 Å². The Morgan fingerprint density at radius 3 is 2.85 bits per heavy atom. The van der Waals surface area contributed by atoms with E-state index >= 15 is 0 Å². The van der Waals surface area contributed by atoms with Crippen LogP contribution in [0.25, 0.3) is 0 Å². The summed E-state index contributed by atoms with van der Waals surface area (Å²) in [7, 11) is 0. The molecule has 0 aromatic rings. The third-order valence-electron chi connectivity index (χ3n) is 4.66. The van der Waals surface area contributed by atoms with E-state index in [1.165, 1.54) is 0 Å². The Morgan fingerprint density at radius 1 is 1.45 bits per heavy atom. The molecular weight excluding hydrogens is 256 g/mol. The van der Waals surface area contributed by atoms with Crippen molar-refractivity contribution >= 4 is 5.91 Å². The number of amides is 1. The van der Waals surface area contributed by atoms with Crippen molar-refractivity contribution in [3.8, 4) is 0 Å². The second-order valence-corrected chi connectivity index (χ2v) is 6.02. The van der Waals surface area contributed by atoms with Crippen LogP contribution in [-0.2, 0) is 14.3 Å². The Balaban J connectivity index is 1.96. The van der Waals surface area contributed by atoms with Crippen molar-refractivity contribution in [2.45, 2.75) is 32.6 Å². The van der Waals surface area contributed by atoms with E-state index in [4.69, 9.17) is 15.2 Å². The summed E-state index contributed by atoms with van der Waals surface area (Å²) in [5, 5.41) is 0. The first kappa shape index (κ1) is 15.7. The highest BCUT2D eigenvalue weighted by Crippen LogP contribution is 2.33. The Morgan fingerprint density at radius 2 is 2.20 bits per heavy atom. The number of carbonyl (C=O) groups is 1. The van der Waals surface area contributed by atoms with Crippen molar-refractivity contribution < 1.29 is 14.3 Å². The molecule has 0 bridgehead atoms. The first-order chi connectivity index (χ1) is 9.72. The van der Waals surface area contributed by atoms with Crippen LogP contribution in [0.3, 0.4) is 0 Å². The van der Waals surface area contributed by atoms with Gasteiger partial charge in [-0.15, -0.1) is 0 Å². The predicted octanol–water partition coefficient (Wildman–Crippen LogP) is 1.02. The van der Waals surface area contributed by atoms with E-state index < -0.39 is 0 Å². The lowest BCUT2D eigenvalue weighted by Gasteiger charge is -2.41. The lowest BCUT2D eigenvalue weighted by molar-refractivity contribution is -0.149. The molecule has 2 aliphatic heterocycles. The van der Waals surface area contributed by atoms with Crippen molar-refractivity contribution in [3.05, 3.63) is 0 Å². The average Bonchev–Trinajstić information content (AvgIpc) is 2.53. The second kappa shape index (κ2) is 7.38. The van der Waals surface area contributed by atoms with Crippen LogP contribution in [0.1, 0.15) is 32.6 Å². The van der Waals surface area contributed by atoms with Gasteiger partial charge in [0.25, 0.3) is 0 Å². The normalized spacial score (nSPS) is 26.5. The molecule has 0 radical (unpaired) electrons. The van der Waals surface area contributed by atoms with Crippen LogP contribution >= 0.6 is 0 Å². The largest absolute Gasteiger partial charge is 0.381 e. The third kappa shape index (κ3) is 3.51. The Hall–Kier alpha value is -0.650. The fourth-order valence-corrected chi connectivity index (χ4v) is 3.27. The number of likely N-dealkylation sites (tertiary alicyclic amines) is 1. The number of ether oxygens (including phenoxy) is 2. The topological polar surface area (TPSA) is 64.8 Å². The number of rotatable bonds is 5. The fourth-order valence-electron chi connectivity index (χ4n) is 3.27. The Bertz CT molecular complexity index is 316. The van der Waals surface area contributed by atoms with Crippen LogP contribution in [0.15, 0.2) is 0 Å². The van der Waals surface area contributed by atoms with Gasteiger partial charge in [-0.1, -0.05) is 0 Å². The van der Waals surface area contributed by atoms with Gasteiger partial charge in [0.05, 0.1) is 12.0 Å². The number of carbonyl (C=O) groups excluding carboxylic acids is 1. The molecule has 2 heterocycles.